The first-order valence-electron chi connectivity index (χ1n) is 8.24. The molecule has 1 atom stereocenters. The lowest BCUT2D eigenvalue weighted by molar-refractivity contribution is -0.136. The molecule has 0 bridgehead atoms. The van der Waals surface area contributed by atoms with Gasteiger partial charge in [-0.15, -0.1) is 0 Å². The largest absolute Gasteiger partial charge is 0.344 e. The number of carbonyl (C=O) groups is 2. The molecular weight excluding hydrogens is 297 g/mol. The third kappa shape index (κ3) is 3.88. The first kappa shape index (κ1) is 15.9. The maximum atomic E-state index is 13.5. The molecule has 1 aromatic carbocycles. The summed E-state index contributed by atoms with van der Waals surface area (Å²) >= 11 is 0. The van der Waals surface area contributed by atoms with Gasteiger partial charge < -0.3 is 10.6 Å². The van der Waals surface area contributed by atoms with Gasteiger partial charge in [-0.2, -0.15) is 0 Å². The minimum absolute atomic E-state index is 0.00512. The highest BCUT2D eigenvalue weighted by molar-refractivity contribution is 6.39. The number of carbonyl (C=O) groups excluding carboxylic acids is 2. The smallest absolute Gasteiger partial charge is 0.313 e. The summed E-state index contributed by atoms with van der Waals surface area (Å²) in [5.74, 6) is -2.08. The molecule has 1 heterocycles. The lowest BCUT2D eigenvalue weighted by Gasteiger charge is -2.23. The number of likely N-dealkylation sites (tertiary alicyclic amines) is 1. The van der Waals surface area contributed by atoms with Gasteiger partial charge in [-0.3, -0.25) is 14.5 Å². The maximum Gasteiger partial charge on any atom is 0.313 e. The molecule has 0 unspecified atom stereocenters. The van der Waals surface area contributed by atoms with Crippen LogP contribution in [-0.2, 0) is 9.59 Å². The molecule has 1 aliphatic heterocycles. The van der Waals surface area contributed by atoms with Crippen LogP contribution in [0, 0.1) is 5.82 Å². The van der Waals surface area contributed by atoms with Gasteiger partial charge in [0.2, 0.25) is 0 Å². The standard InChI is InChI=1S/C17H22FN3O2/c18-14-7-3-4-8-15(14)20-17(23)16(22)19-12-9-10-21(11-12)13-5-1-2-6-13/h3-4,7-8,12-13H,1-2,5-6,9-11H2,(H,19,22)(H,20,23)/t12-/m0/s1. The minimum atomic E-state index is -0.825. The van der Waals surface area contributed by atoms with Crippen LogP contribution >= 0.6 is 0 Å². The number of hydrogen-bond donors (Lipinski definition) is 2. The van der Waals surface area contributed by atoms with Gasteiger partial charge in [0.05, 0.1) is 5.69 Å². The molecule has 124 valence electrons. The van der Waals surface area contributed by atoms with Crippen LogP contribution in [0.15, 0.2) is 24.3 Å². The Morgan fingerprint density at radius 2 is 1.83 bits per heavy atom. The van der Waals surface area contributed by atoms with Gasteiger partial charge in [-0.1, -0.05) is 25.0 Å². The third-order valence-electron chi connectivity index (χ3n) is 4.72. The second kappa shape index (κ2) is 7.08. The van der Waals surface area contributed by atoms with Crippen molar-refractivity contribution in [2.75, 3.05) is 18.4 Å². The number of benzene rings is 1. The van der Waals surface area contributed by atoms with E-state index in [0.717, 1.165) is 19.5 Å². The van der Waals surface area contributed by atoms with Crippen LogP contribution in [0.3, 0.4) is 0 Å². The summed E-state index contributed by atoms with van der Waals surface area (Å²) in [5, 5.41) is 5.07. The molecule has 0 spiro atoms. The highest BCUT2D eigenvalue weighted by atomic mass is 19.1. The number of hydrogen-bond acceptors (Lipinski definition) is 3. The molecule has 1 aromatic rings. The number of rotatable bonds is 3. The van der Waals surface area contributed by atoms with Crippen molar-refractivity contribution in [2.45, 2.75) is 44.2 Å². The van der Waals surface area contributed by atoms with Crippen LogP contribution in [0.5, 0.6) is 0 Å². The molecule has 0 aromatic heterocycles. The number of nitrogens with zero attached hydrogens (tertiary/aromatic N) is 1. The van der Waals surface area contributed by atoms with E-state index < -0.39 is 17.6 Å². The van der Waals surface area contributed by atoms with Crippen molar-refractivity contribution in [3.05, 3.63) is 30.1 Å². The highest BCUT2D eigenvalue weighted by Gasteiger charge is 2.31. The average molecular weight is 319 g/mol. The normalized spacial score (nSPS) is 22.2. The van der Waals surface area contributed by atoms with Gasteiger partial charge in [-0.05, 0) is 31.4 Å². The number of halogens is 1. The molecule has 23 heavy (non-hydrogen) atoms. The Morgan fingerprint density at radius 1 is 1.09 bits per heavy atom. The van der Waals surface area contributed by atoms with Crippen molar-refractivity contribution < 1.29 is 14.0 Å². The Labute approximate surface area is 135 Å². The van der Waals surface area contributed by atoms with Gasteiger partial charge in [-0.25, -0.2) is 4.39 Å². The highest BCUT2D eigenvalue weighted by Crippen LogP contribution is 2.26. The van der Waals surface area contributed by atoms with Gasteiger partial charge in [0.15, 0.2) is 0 Å². The summed E-state index contributed by atoms with van der Waals surface area (Å²) in [7, 11) is 0. The summed E-state index contributed by atoms with van der Waals surface area (Å²) in [5.41, 5.74) is 0.0201. The molecular formula is C17H22FN3O2. The molecule has 3 rings (SSSR count). The Hall–Kier alpha value is -1.95. The van der Waals surface area contributed by atoms with E-state index in [0.29, 0.717) is 6.04 Å². The Morgan fingerprint density at radius 3 is 2.57 bits per heavy atom. The molecule has 2 N–H and O–H groups in total. The summed E-state index contributed by atoms with van der Waals surface area (Å²) in [4.78, 5) is 26.3. The lowest BCUT2D eigenvalue weighted by atomic mass is 10.2. The number of anilines is 1. The van der Waals surface area contributed by atoms with E-state index >= 15 is 0 Å². The molecule has 2 amide bonds. The van der Waals surface area contributed by atoms with Gasteiger partial charge in [0.1, 0.15) is 5.82 Å². The van der Waals surface area contributed by atoms with E-state index in [4.69, 9.17) is 0 Å². The zero-order valence-corrected chi connectivity index (χ0v) is 13.1. The molecule has 1 saturated heterocycles. The minimum Gasteiger partial charge on any atom is -0.344 e. The SMILES string of the molecule is O=C(Nc1ccccc1F)C(=O)N[C@H]1CCN(C2CCCC2)C1. The zero-order chi connectivity index (χ0) is 16.2. The fourth-order valence-corrected chi connectivity index (χ4v) is 3.50. The van der Waals surface area contributed by atoms with Crippen LogP contribution < -0.4 is 10.6 Å². The Bertz CT molecular complexity index is 587. The molecule has 6 heteroatoms. The molecule has 5 nitrogen and oxygen atoms in total. The molecule has 2 aliphatic rings. The molecule has 1 saturated carbocycles. The predicted molar refractivity (Wildman–Crippen MR) is 85.4 cm³/mol. The van der Waals surface area contributed by atoms with Gasteiger partial charge in [0, 0.05) is 25.2 Å². The Kier molecular flexibility index (Phi) is 4.91. The number of amides is 2. The third-order valence-corrected chi connectivity index (χ3v) is 4.72. The van der Waals surface area contributed by atoms with Crippen molar-refractivity contribution in [3.8, 4) is 0 Å². The van der Waals surface area contributed by atoms with Crippen molar-refractivity contribution in [1.82, 2.24) is 10.2 Å². The van der Waals surface area contributed by atoms with E-state index in [9.17, 15) is 14.0 Å². The van der Waals surface area contributed by atoms with Crippen LogP contribution in [0.4, 0.5) is 10.1 Å². The van der Waals surface area contributed by atoms with Gasteiger partial charge >= 0.3 is 11.8 Å². The van der Waals surface area contributed by atoms with Crippen molar-refractivity contribution in [2.24, 2.45) is 0 Å². The predicted octanol–water partition coefficient (Wildman–Crippen LogP) is 1.90. The van der Waals surface area contributed by atoms with Crippen molar-refractivity contribution >= 4 is 17.5 Å². The topological polar surface area (TPSA) is 61.4 Å². The average Bonchev–Trinajstić information content (AvgIpc) is 3.20. The van der Waals surface area contributed by atoms with Crippen LogP contribution in [0.25, 0.3) is 0 Å². The Balaban J connectivity index is 1.49. The first-order valence-corrected chi connectivity index (χ1v) is 8.24. The van der Waals surface area contributed by atoms with Gasteiger partial charge in [0.25, 0.3) is 0 Å². The first-order chi connectivity index (χ1) is 11.1. The molecule has 2 fully saturated rings. The maximum absolute atomic E-state index is 13.5. The van der Waals surface area contributed by atoms with Crippen molar-refractivity contribution in [1.29, 1.82) is 0 Å². The van der Waals surface area contributed by atoms with Crippen LogP contribution in [0.2, 0.25) is 0 Å². The van der Waals surface area contributed by atoms with Crippen LogP contribution in [-0.4, -0.2) is 41.9 Å². The van der Waals surface area contributed by atoms with E-state index in [1.54, 1.807) is 6.07 Å². The van der Waals surface area contributed by atoms with E-state index in [2.05, 4.69) is 15.5 Å². The monoisotopic (exact) mass is 319 g/mol. The summed E-state index contributed by atoms with van der Waals surface area (Å²) in [6.45, 7) is 1.76. The molecule has 1 aliphatic carbocycles. The summed E-state index contributed by atoms with van der Waals surface area (Å²) < 4.78 is 13.5. The second-order valence-corrected chi connectivity index (χ2v) is 6.33. The summed E-state index contributed by atoms with van der Waals surface area (Å²) in [6.07, 6.45) is 5.88. The molecule has 0 radical (unpaired) electrons. The summed E-state index contributed by atoms with van der Waals surface area (Å²) in [6, 6.07) is 6.43. The fraction of sp³-hybridized carbons (Fsp3) is 0.529. The van der Waals surface area contributed by atoms with E-state index in [-0.39, 0.29) is 11.7 Å². The second-order valence-electron chi connectivity index (χ2n) is 6.33. The number of para-hydroxylation sites is 1. The van der Waals surface area contributed by atoms with E-state index in [1.807, 2.05) is 0 Å². The van der Waals surface area contributed by atoms with Crippen LogP contribution in [0.1, 0.15) is 32.1 Å². The van der Waals surface area contributed by atoms with Crippen molar-refractivity contribution in [3.63, 3.8) is 0 Å². The quantitative estimate of drug-likeness (QED) is 0.837. The zero-order valence-electron chi connectivity index (χ0n) is 13.1. The lowest BCUT2D eigenvalue weighted by Crippen LogP contribution is -2.44. The fourth-order valence-electron chi connectivity index (χ4n) is 3.50. The number of nitrogens with one attached hydrogen (secondary N) is 2. The van der Waals surface area contributed by atoms with E-state index in [1.165, 1.54) is 43.9 Å².